The summed E-state index contributed by atoms with van der Waals surface area (Å²) in [6, 6.07) is 5.83. The standard InChI is InChI=1S/C19H17F4N5O3S/c20-13-4-1-2-6-15(13)32(30,31)28-9-3-5-14(28)18(29)24-10-17-26-25-16-8-7-12(11-27(16)17)19(21,22)23/h1-2,4,6-8,11,14H,3,5,9-10H2,(H,24,29). The minimum absolute atomic E-state index is 0.0392. The lowest BCUT2D eigenvalue weighted by Gasteiger charge is -2.23. The third-order valence-electron chi connectivity index (χ3n) is 5.15. The second-order valence-corrected chi connectivity index (χ2v) is 9.04. The van der Waals surface area contributed by atoms with Gasteiger partial charge in [0.25, 0.3) is 0 Å². The minimum Gasteiger partial charge on any atom is -0.347 e. The Kier molecular flexibility index (Phi) is 5.63. The molecule has 1 amide bonds. The van der Waals surface area contributed by atoms with E-state index < -0.39 is 44.4 Å². The maximum atomic E-state index is 14.1. The smallest absolute Gasteiger partial charge is 0.347 e. The van der Waals surface area contributed by atoms with Gasteiger partial charge in [-0.2, -0.15) is 17.5 Å². The number of hydrogen-bond acceptors (Lipinski definition) is 5. The van der Waals surface area contributed by atoms with Gasteiger partial charge >= 0.3 is 6.18 Å². The number of sulfonamides is 1. The molecule has 0 bridgehead atoms. The van der Waals surface area contributed by atoms with E-state index in [1.165, 1.54) is 12.1 Å². The molecule has 0 spiro atoms. The summed E-state index contributed by atoms with van der Waals surface area (Å²) in [6.07, 6.45) is -3.13. The fraction of sp³-hybridized carbons (Fsp3) is 0.316. The van der Waals surface area contributed by atoms with Gasteiger partial charge in [-0.3, -0.25) is 9.20 Å². The molecule has 1 saturated heterocycles. The third kappa shape index (κ3) is 4.05. The normalized spacial score (nSPS) is 17.7. The average Bonchev–Trinajstić information content (AvgIpc) is 3.39. The first-order valence-electron chi connectivity index (χ1n) is 9.54. The zero-order valence-electron chi connectivity index (χ0n) is 16.4. The second kappa shape index (κ2) is 8.13. The van der Waals surface area contributed by atoms with Crippen molar-refractivity contribution in [3.63, 3.8) is 0 Å². The Morgan fingerprint density at radius 2 is 1.91 bits per heavy atom. The van der Waals surface area contributed by atoms with E-state index in [2.05, 4.69) is 15.5 Å². The minimum atomic E-state index is -4.57. The number of rotatable bonds is 5. The van der Waals surface area contributed by atoms with E-state index in [4.69, 9.17) is 0 Å². The van der Waals surface area contributed by atoms with Crippen molar-refractivity contribution >= 4 is 21.6 Å². The van der Waals surface area contributed by atoms with Gasteiger partial charge in [0.2, 0.25) is 15.9 Å². The van der Waals surface area contributed by atoms with Gasteiger partial charge in [-0.25, -0.2) is 12.8 Å². The van der Waals surface area contributed by atoms with Gasteiger partial charge < -0.3 is 5.32 Å². The van der Waals surface area contributed by atoms with E-state index in [1.54, 1.807) is 0 Å². The quantitative estimate of drug-likeness (QED) is 0.577. The van der Waals surface area contributed by atoms with E-state index in [9.17, 15) is 30.8 Å². The van der Waals surface area contributed by atoms with Crippen LogP contribution in [0.4, 0.5) is 17.6 Å². The molecule has 1 aliphatic heterocycles. The fourth-order valence-electron chi connectivity index (χ4n) is 3.58. The molecular formula is C19H17F4N5O3S. The van der Waals surface area contributed by atoms with Crippen molar-refractivity contribution in [2.75, 3.05) is 6.54 Å². The number of nitrogens with one attached hydrogen (secondary N) is 1. The highest BCUT2D eigenvalue weighted by Crippen LogP contribution is 2.30. The van der Waals surface area contributed by atoms with Crippen LogP contribution in [0.1, 0.15) is 24.2 Å². The first kappa shape index (κ1) is 22.1. The summed E-state index contributed by atoms with van der Waals surface area (Å²) in [5.74, 6) is -1.54. The van der Waals surface area contributed by atoms with Gasteiger partial charge in [-0.15, -0.1) is 10.2 Å². The summed E-state index contributed by atoms with van der Waals surface area (Å²) in [5.41, 5.74) is -0.748. The summed E-state index contributed by atoms with van der Waals surface area (Å²) in [4.78, 5) is 12.2. The Balaban J connectivity index is 1.52. The molecule has 1 aromatic carbocycles. The lowest BCUT2D eigenvalue weighted by molar-refractivity contribution is -0.137. The number of amides is 1. The zero-order valence-corrected chi connectivity index (χ0v) is 17.2. The van der Waals surface area contributed by atoms with Gasteiger partial charge in [0.15, 0.2) is 11.5 Å². The molecular weight excluding hydrogens is 454 g/mol. The molecule has 1 atom stereocenters. The van der Waals surface area contributed by atoms with Crippen LogP contribution in [0.5, 0.6) is 0 Å². The van der Waals surface area contributed by atoms with E-state index in [0.29, 0.717) is 6.42 Å². The monoisotopic (exact) mass is 471 g/mol. The van der Waals surface area contributed by atoms with Crippen molar-refractivity contribution in [1.29, 1.82) is 0 Å². The van der Waals surface area contributed by atoms with Gasteiger partial charge in [0.1, 0.15) is 16.8 Å². The van der Waals surface area contributed by atoms with E-state index in [1.807, 2.05) is 0 Å². The van der Waals surface area contributed by atoms with Crippen LogP contribution in [0.25, 0.3) is 5.65 Å². The highest BCUT2D eigenvalue weighted by Gasteiger charge is 2.40. The second-order valence-electron chi connectivity index (χ2n) is 7.18. The topological polar surface area (TPSA) is 96.7 Å². The summed E-state index contributed by atoms with van der Waals surface area (Å²) in [6.45, 7) is -0.233. The Labute approximate surface area is 179 Å². The molecule has 4 rings (SSSR count). The van der Waals surface area contributed by atoms with Crippen LogP contribution in [-0.4, -0.2) is 45.8 Å². The zero-order chi connectivity index (χ0) is 23.1. The van der Waals surface area contributed by atoms with Gasteiger partial charge in [0, 0.05) is 12.7 Å². The maximum absolute atomic E-state index is 14.1. The molecule has 1 N–H and O–H groups in total. The van der Waals surface area contributed by atoms with E-state index in [-0.39, 0.29) is 31.0 Å². The van der Waals surface area contributed by atoms with Gasteiger partial charge in [-0.1, -0.05) is 12.1 Å². The van der Waals surface area contributed by atoms with Crippen LogP contribution in [0.2, 0.25) is 0 Å². The number of aromatic nitrogens is 3. The molecule has 1 unspecified atom stereocenters. The predicted octanol–water partition coefficient (Wildman–Crippen LogP) is 2.36. The van der Waals surface area contributed by atoms with Crippen molar-refractivity contribution in [2.45, 2.75) is 36.5 Å². The largest absolute Gasteiger partial charge is 0.417 e. The number of hydrogen-bond donors (Lipinski definition) is 1. The van der Waals surface area contributed by atoms with E-state index in [0.717, 1.165) is 39.2 Å². The Morgan fingerprint density at radius 1 is 1.16 bits per heavy atom. The summed E-state index contributed by atoms with van der Waals surface area (Å²) >= 11 is 0. The number of pyridine rings is 1. The van der Waals surface area contributed by atoms with Crippen LogP contribution >= 0.6 is 0 Å². The lowest BCUT2D eigenvalue weighted by atomic mass is 10.2. The summed E-state index contributed by atoms with van der Waals surface area (Å²) < 4.78 is 80.8. The van der Waals surface area contributed by atoms with Crippen molar-refractivity contribution in [2.24, 2.45) is 0 Å². The molecule has 0 radical (unpaired) electrons. The lowest BCUT2D eigenvalue weighted by Crippen LogP contribution is -2.46. The number of nitrogens with zero attached hydrogens (tertiary/aromatic N) is 4. The molecule has 0 aliphatic carbocycles. The average molecular weight is 471 g/mol. The first-order chi connectivity index (χ1) is 15.1. The van der Waals surface area contributed by atoms with E-state index >= 15 is 0 Å². The highest BCUT2D eigenvalue weighted by molar-refractivity contribution is 7.89. The van der Waals surface area contributed by atoms with Crippen LogP contribution in [0.3, 0.4) is 0 Å². The number of alkyl halides is 3. The highest BCUT2D eigenvalue weighted by atomic mass is 32.2. The van der Waals surface area contributed by atoms with Crippen molar-refractivity contribution in [3.8, 4) is 0 Å². The Bertz CT molecular complexity index is 1280. The molecule has 32 heavy (non-hydrogen) atoms. The number of halogens is 4. The Hall–Kier alpha value is -3.06. The van der Waals surface area contributed by atoms with Crippen LogP contribution in [0, 0.1) is 5.82 Å². The first-order valence-corrected chi connectivity index (χ1v) is 11.0. The number of fused-ring (bicyclic) bond motifs is 1. The number of carbonyl (C=O) groups is 1. The fourth-order valence-corrected chi connectivity index (χ4v) is 5.30. The van der Waals surface area contributed by atoms with Crippen molar-refractivity contribution < 1.29 is 30.8 Å². The Morgan fingerprint density at radius 3 is 2.62 bits per heavy atom. The summed E-state index contributed by atoms with van der Waals surface area (Å²) in [7, 11) is -4.25. The predicted molar refractivity (Wildman–Crippen MR) is 103 cm³/mol. The van der Waals surface area contributed by atoms with Gasteiger partial charge in [-0.05, 0) is 37.1 Å². The van der Waals surface area contributed by atoms with Crippen molar-refractivity contribution in [1.82, 2.24) is 24.2 Å². The molecule has 3 aromatic rings. The number of carbonyl (C=O) groups excluding carboxylic acids is 1. The molecule has 2 aromatic heterocycles. The molecule has 3 heterocycles. The van der Waals surface area contributed by atoms with Crippen molar-refractivity contribution in [3.05, 3.63) is 59.8 Å². The van der Waals surface area contributed by atoms with Gasteiger partial charge in [0.05, 0.1) is 12.1 Å². The molecule has 1 aliphatic rings. The maximum Gasteiger partial charge on any atom is 0.417 e. The molecule has 8 nitrogen and oxygen atoms in total. The van der Waals surface area contributed by atoms with Crippen LogP contribution in [-0.2, 0) is 27.5 Å². The summed E-state index contributed by atoms with van der Waals surface area (Å²) in [5, 5.41) is 10.1. The molecule has 170 valence electrons. The van der Waals surface area contributed by atoms with Crippen LogP contribution < -0.4 is 5.32 Å². The number of benzene rings is 1. The SMILES string of the molecule is O=C(NCc1nnc2ccc(C(F)(F)F)cn12)C1CCCN1S(=O)(=O)c1ccccc1F. The van der Waals surface area contributed by atoms with Crippen LogP contribution in [0.15, 0.2) is 47.5 Å². The molecule has 0 saturated carbocycles. The third-order valence-corrected chi connectivity index (χ3v) is 7.09. The molecule has 1 fully saturated rings. The molecule has 13 heteroatoms.